The molecule has 1 saturated heterocycles. The fourth-order valence-electron chi connectivity index (χ4n) is 3.11. The summed E-state index contributed by atoms with van der Waals surface area (Å²) in [6.45, 7) is 5.41. The molecule has 0 radical (unpaired) electrons. The molecule has 2 heterocycles. The molecule has 1 aromatic heterocycles. The van der Waals surface area contributed by atoms with Crippen molar-refractivity contribution in [3.63, 3.8) is 0 Å². The number of fused-ring (bicyclic) bond motifs is 1. The number of hydrogen-bond donors (Lipinski definition) is 1. The van der Waals surface area contributed by atoms with E-state index in [1.54, 1.807) is 0 Å². The summed E-state index contributed by atoms with van der Waals surface area (Å²) in [4.78, 5) is 9.26. The number of anilines is 1. The van der Waals surface area contributed by atoms with Crippen molar-refractivity contribution in [1.29, 1.82) is 0 Å². The highest BCUT2D eigenvalue weighted by atomic mass is 32.2. The number of rotatable bonds is 3. The first-order valence-electron chi connectivity index (χ1n) is 7.40. The Morgan fingerprint density at radius 3 is 2.84 bits per heavy atom. The molecule has 1 aliphatic heterocycles. The van der Waals surface area contributed by atoms with Crippen LogP contribution in [0.5, 0.6) is 0 Å². The Morgan fingerprint density at radius 1 is 1.21 bits per heavy atom. The number of thioether (sulfide) groups is 1. The number of hydrogen-bond acceptors (Lipinski definition) is 4. The summed E-state index contributed by atoms with van der Waals surface area (Å²) in [7, 11) is 0. The molecule has 3 rings (SSSR count). The van der Waals surface area contributed by atoms with E-state index in [0.717, 1.165) is 31.0 Å². The van der Waals surface area contributed by atoms with Crippen molar-refractivity contribution >= 4 is 17.6 Å². The lowest BCUT2D eigenvalue weighted by atomic mass is 9.96. The number of aromatic nitrogens is 2. The Morgan fingerprint density at radius 2 is 2.05 bits per heavy atom. The smallest absolute Gasteiger partial charge is 0.133 e. The van der Waals surface area contributed by atoms with E-state index in [1.807, 2.05) is 6.92 Å². The molecule has 1 N–H and O–H groups in total. The lowest BCUT2D eigenvalue weighted by molar-refractivity contribution is 0.627. The second-order valence-electron chi connectivity index (χ2n) is 6.01. The molecule has 0 aromatic carbocycles. The van der Waals surface area contributed by atoms with Crippen molar-refractivity contribution in [3.05, 3.63) is 17.1 Å². The van der Waals surface area contributed by atoms with Crippen molar-refractivity contribution in [2.45, 2.75) is 57.1 Å². The molecular weight excluding hydrogens is 254 g/mol. The highest BCUT2D eigenvalue weighted by Crippen LogP contribution is 2.38. The van der Waals surface area contributed by atoms with Crippen LogP contribution >= 0.6 is 11.8 Å². The predicted octanol–water partition coefficient (Wildman–Crippen LogP) is 3.36. The van der Waals surface area contributed by atoms with E-state index >= 15 is 0 Å². The maximum atomic E-state index is 4.65. The van der Waals surface area contributed by atoms with E-state index in [1.165, 1.54) is 42.7 Å². The zero-order chi connectivity index (χ0) is 13.3. The van der Waals surface area contributed by atoms with Gasteiger partial charge in [-0.05, 0) is 58.1 Å². The van der Waals surface area contributed by atoms with E-state index < -0.39 is 0 Å². The van der Waals surface area contributed by atoms with Crippen LogP contribution in [0.1, 0.15) is 49.7 Å². The second kappa shape index (κ2) is 5.31. The van der Waals surface area contributed by atoms with Gasteiger partial charge in [0.15, 0.2) is 0 Å². The Balaban J connectivity index is 1.78. The van der Waals surface area contributed by atoms with Gasteiger partial charge in [0.2, 0.25) is 0 Å². The van der Waals surface area contributed by atoms with Crippen LogP contribution in [0.15, 0.2) is 0 Å². The van der Waals surface area contributed by atoms with Gasteiger partial charge in [-0.25, -0.2) is 9.97 Å². The van der Waals surface area contributed by atoms with Crippen LogP contribution in [0.25, 0.3) is 0 Å². The topological polar surface area (TPSA) is 37.8 Å². The highest BCUT2D eigenvalue weighted by molar-refractivity contribution is 8.00. The molecule has 104 valence electrons. The predicted molar refractivity (Wildman–Crippen MR) is 82.0 cm³/mol. The fourth-order valence-corrected chi connectivity index (χ4v) is 4.36. The van der Waals surface area contributed by atoms with E-state index in [9.17, 15) is 0 Å². The van der Waals surface area contributed by atoms with Gasteiger partial charge < -0.3 is 5.32 Å². The quantitative estimate of drug-likeness (QED) is 0.919. The first-order chi connectivity index (χ1) is 9.16. The molecular formula is C15H23N3S. The molecule has 19 heavy (non-hydrogen) atoms. The van der Waals surface area contributed by atoms with Crippen molar-refractivity contribution in [1.82, 2.24) is 9.97 Å². The van der Waals surface area contributed by atoms with Gasteiger partial charge in [-0.1, -0.05) is 0 Å². The molecule has 0 spiro atoms. The lowest BCUT2D eigenvalue weighted by Crippen LogP contribution is -2.28. The Bertz CT molecular complexity index is 467. The van der Waals surface area contributed by atoms with Gasteiger partial charge in [0, 0.05) is 22.5 Å². The average Bonchev–Trinajstić information content (AvgIpc) is 2.83. The number of nitrogens with one attached hydrogen (secondary N) is 1. The van der Waals surface area contributed by atoms with Gasteiger partial charge in [0.05, 0.1) is 0 Å². The van der Waals surface area contributed by atoms with Crippen LogP contribution < -0.4 is 5.32 Å². The maximum Gasteiger partial charge on any atom is 0.133 e. The van der Waals surface area contributed by atoms with Gasteiger partial charge in [-0.15, -0.1) is 0 Å². The van der Waals surface area contributed by atoms with Crippen LogP contribution in [-0.4, -0.2) is 27.0 Å². The van der Waals surface area contributed by atoms with E-state index in [-0.39, 0.29) is 0 Å². The minimum Gasteiger partial charge on any atom is -0.368 e. The molecule has 2 aliphatic rings. The van der Waals surface area contributed by atoms with Crippen molar-refractivity contribution < 1.29 is 0 Å². The summed E-state index contributed by atoms with van der Waals surface area (Å²) in [6.07, 6.45) is 7.48. The monoisotopic (exact) mass is 277 g/mol. The highest BCUT2D eigenvalue weighted by Gasteiger charge is 2.29. The largest absolute Gasteiger partial charge is 0.368 e. The molecule has 3 nitrogen and oxygen atoms in total. The van der Waals surface area contributed by atoms with Crippen LogP contribution in [0.4, 0.5) is 5.82 Å². The first-order valence-corrected chi connectivity index (χ1v) is 8.39. The minimum atomic E-state index is 0.389. The molecule has 1 aliphatic carbocycles. The molecule has 1 atom stereocenters. The summed E-state index contributed by atoms with van der Waals surface area (Å²) in [6, 6.07) is 0. The van der Waals surface area contributed by atoms with Gasteiger partial charge in [0.25, 0.3) is 0 Å². The zero-order valence-electron chi connectivity index (χ0n) is 12.0. The molecule has 0 amide bonds. The normalized spacial score (nSPS) is 26.2. The van der Waals surface area contributed by atoms with Crippen LogP contribution in [0.2, 0.25) is 0 Å². The molecule has 1 unspecified atom stereocenters. The second-order valence-corrected chi connectivity index (χ2v) is 7.69. The SMILES string of the molecule is Cc1nc2c(c(NCC3(C)CCCS3)n1)CCCC2. The van der Waals surface area contributed by atoms with Gasteiger partial charge in [0.1, 0.15) is 11.6 Å². The van der Waals surface area contributed by atoms with Crippen molar-refractivity contribution in [2.75, 3.05) is 17.6 Å². The van der Waals surface area contributed by atoms with Crippen LogP contribution in [0, 0.1) is 6.92 Å². The summed E-state index contributed by atoms with van der Waals surface area (Å²) in [5.74, 6) is 3.32. The standard InChI is InChI=1S/C15H23N3S/c1-11-17-13-7-4-3-6-12(13)14(18-11)16-10-15(2)8-5-9-19-15/h3-10H2,1-2H3,(H,16,17,18). The van der Waals surface area contributed by atoms with Crippen molar-refractivity contribution in [2.24, 2.45) is 0 Å². The van der Waals surface area contributed by atoms with Gasteiger partial charge >= 0.3 is 0 Å². The van der Waals surface area contributed by atoms with Gasteiger partial charge in [-0.2, -0.15) is 11.8 Å². The summed E-state index contributed by atoms with van der Waals surface area (Å²) >= 11 is 2.10. The third kappa shape index (κ3) is 2.88. The maximum absolute atomic E-state index is 4.65. The summed E-state index contributed by atoms with van der Waals surface area (Å²) in [5, 5.41) is 3.62. The Labute approximate surface area is 120 Å². The minimum absolute atomic E-state index is 0.389. The third-order valence-electron chi connectivity index (χ3n) is 4.23. The van der Waals surface area contributed by atoms with Crippen LogP contribution in [0.3, 0.4) is 0 Å². The molecule has 4 heteroatoms. The van der Waals surface area contributed by atoms with Crippen molar-refractivity contribution in [3.8, 4) is 0 Å². The third-order valence-corrected chi connectivity index (χ3v) is 5.76. The number of aryl methyl sites for hydroxylation is 2. The average molecular weight is 277 g/mol. The first kappa shape index (κ1) is 13.2. The molecule has 0 bridgehead atoms. The van der Waals surface area contributed by atoms with E-state index in [0.29, 0.717) is 4.75 Å². The van der Waals surface area contributed by atoms with E-state index in [4.69, 9.17) is 0 Å². The Kier molecular flexibility index (Phi) is 3.70. The van der Waals surface area contributed by atoms with Gasteiger partial charge in [-0.3, -0.25) is 0 Å². The fraction of sp³-hybridized carbons (Fsp3) is 0.733. The molecule has 1 aromatic rings. The molecule has 0 saturated carbocycles. The summed E-state index contributed by atoms with van der Waals surface area (Å²) < 4.78 is 0.389. The number of nitrogens with zero attached hydrogens (tertiary/aromatic N) is 2. The lowest BCUT2D eigenvalue weighted by Gasteiger charge is -2.25. The summed E-state index contributed by atoms with van der Waals surface area (Å²) in [5.41, 5.74) is 2.66. The van der Waals surface area contributed by atoms with E-state index in [2.05, 4.69) is 34.0 Å². The molecule has 1 fully saturated rings. The Hall–Kier alpha value is -0.770. The zero-order valence-corrected chi connectivity index (χ0v) is 12.8. The van der Waals surface area contributed by atoms with Crippen LogP contribution in [-0.2, 0) is 12.8 Å².